The first-order valence-corrected chi connectivity index (χ1v) is 7.86. The second-order valence-corrected chi connectivity index (χ2v) is 6.65. The molecule has 1 aliphatic heterocycles. The van der Waals surface area contributed by atoms with Gasteiger partial charge in [-0.05, 0) is 36.8 Å². The van der Waals surface area contributed by atoms with Gasteiger partial charge in [-0.1, -0.05) is 18.0 Å². The Morgan fingerprint density at radius 3 is 2.52 bits per heavy atom. The topological polar surface area (TPSA) is 81.1 Å². The van der Waals surface area contributed by atoms with Crippen LogP contribution in [0.2, 0.25) is 10.2 Å². The fourth-order valence-electron chi connectivity index (χ4n) is 2.91. The molecule has 1 aromatic carbocycles. The molecule has 2 aromatic rings. The molecule has 6 radical (unpaired) electrons. The van der Waals surface area contributed by atoms with Crippen molar-refractivity contribution in [2.45, 2.75) is 30.4 Å². The van der Waals surface area contributed by atoms with E-state index >= 15 is 0 Å². The van der Waals surface area contributed by atoms with Gasteiger partial charge in [-0.15, -0.1) is 0 Å². The van der Waals surface area contributed by atoms with Gasteiger partial charge in [-0.3, -0.25) is 24.3 Å². The summed E-state index contributed by atoms with van der Waals surface area (Å²) in [6.45, 7) is 1.54. The minimum atomic E-state index is -1.85. The molecule has 1 unspecified atom stereocenters. The van der Waals surface area contributed by atoms with Crippen molar-refractivity contribution in [3.8, 4) is 0 Å². The van der Waals surface area contributed by atoms with Gasteiger partial charge in [0, 0.05) is 5.02 Å². The number of rotatable bonds is 1. The Kier molecular flexibility index (Phi) is 4.10. The largest absolute Gasteiger partial charge is 0.296 e. The highest BCUT2D eigenvalue weighted by atomic mass is 35.5. The van der Waals surface area contributed by atoms with Crippen LogP contribution in [-0.4, -0.2) is 44.9 Å². The second kappa shape index (κ2) is 5.76. The molecule has 25 heavy (non-hydrogen) atoms. The Morgan fingerprint density at radius 1 is 1.16 bits per heavy atom. The maximum absolute atomic E-state index is 12.9. The van der Waals surface area contributed by atoms with Gasteiger partial charge in [0.1, 0.15) is 13.7 Å². The summed E-state index contributed by atoms with van der Waals surface area (Å²) in [5, 5.41) is 0.983. The average molecular weight is 349 g/mol. The molecule has 1 aromatic heterocycles. The number of hydrogen-bond donors (Lipinski definition) is 1. The lowest BCUT2D eigenvalue weighted by Gasteiger charge is -2.31. The molecule has 3 rings (SSSR count). The van der Waals surface area contributed by atoms with Crippen molar-refractivity contribution in [1.29, 1.82) is 0 Å². The number of amides is 2. The Labute approximate surface area is 152 Å². The predicted octanol–water partition coefficient (Wildman–Crippen LogP) is 0.0694. The van der Waals surface area contributed by atoms with Gasteiger partial charge in [-0.2, -0.15) is 0 Å². The van der Waals surface area contributed by atoms with Crippen LogP contribution in [0, 0.1) is 6.92 Å². The second-order valence-electron chi connectivity index (χ2n) is 6.21. The maximum atomic E-state index is 12.9. The number of aromatic nitrogens is 2. The van der Waals surface area contributed by atoms with Crippen LogP contribution < -0.4 is 10.9 Å². The minimum absolute atomic E-state index is 0.0917. The van der Waals surface area contributed by atoms with Crippen molar-refractivity contribution in [2.24, 2.45) is 0 Å². The third-order valence-corrected chi connectivity index (χ3v) is 4.60. The van der Waals surface area contributed by atoms with Crippen LogP contribution >= 0.6 is 11.6 Å². The zero-order valence-corrected chi connectivity index (χ0v) is 14.1. The first-order chi connectivity index (χ1) is 11.6. The van der Waals surface area contributed by atoms with Gasteiger partial charge in [-0.25, -0.2) is 4.98 Å². The number of benzene rings is 1. The molecule has 0 aliphatic carbocycles. The number of carbonyl (C=O) groups is 2. The van der Waals surface area contributed by atoms with E-state index in [-0.39, 0.29) is 24.1 Å². The standard InChI is InChI=1S/C15H11B3ClN3O3/c1-7-20-10-6-8(19)2-3-9(10)11(23)22(7)15(18)5-4-14(16,17)12(24)21-13(15)25/h2-3,6H,4-5H2,1H3,(H,21,24,25). The summed E-state index contributed by atoms with van der Waals surface area (Å²) in [4.78, 5) is 41.7. The molecule has 1 atom stereocenters. The lowest BCUT2D eigenvalue weighted by atomic mass is 9.51. The normalized spacial score (nSPS) is 23.3. The smallest absolute Gasteiger partial charge is 0.261 e. The molecule has 1 N–H and O–H groups in total. The zero-order chi connectivity index (χ0) is 18.6. The van der Waals surface area contributed by atoms with Crippen molar-refractivity contribution in [1.82, 2.24) is 14.9 Å². The van der Waals surface area contributed by atoms with Crippen molar-refractivity contribution >= 4 is 57.9 Å². The minimum Gasteiger partial charge on any atom is -0.296 e. The van der Waals surface area contributed by atoms with Crippen molar-refractivity contribution in [3.63, 3.8) is 0 Å². The molecule has 120 valence electrons. The molecular formula is C15H11B3ClN3O3. The lowest BCUT2D eigenvalue weighted by molar-refractivity contribution is -0.132. The fraction of sp³-hybridized carbons (Fsp3) is 0.333. The molecule has 1 fully saturated rings. The summed E-state index contributed by atoms with van der Waals surface area (Å²) in [7, 11) is 17.7. The number of nitrogens with one attached hydrogen (secondary N) is 1. The van der Waals surface area contributed by atoms with E-state index in [4.69, 9.17) is 35.1 Å². The molecule has 0 spiro atoms. The molecule has 0 bridgehead atoms. The Hall–Kier alpha value is -2.02. The van der Waals surface area contributed by atoms with E-state index in [9.17, 15) is 14.4 Å². The SMILES string of the molecule is [B]C1([B])CCC([B])(n2c(C)nc3cc(Cl)ccc3c2=O)C(=O)NC1=O. The van der Waals surface area contributed by atoms with E-state index in [1.807, 2.05) is 0 Å². The third-order valence-electron chi connectivity index (χ3n) is 4.36. The van der Waals surface area contributed by atoms with Crippen LogP contribution in [0.1, 0.15) is 18.7 Å². The highest BCUT2D eigenvalue weighted by Gasteiger charge is 2.44. The van der Waals surface area contributed by atoms with Crippen LogP contribution in [0.25, 0.3) is 10.9 Å². The van der Waals surface area contributed by atoms with Gasteiger partial charge < -0.3 is 0 Å². The van der Waals surface area contributed by atoms with Gasteiger partial charge in [0.05, 0.1) is 32.0 Å². The summed E-state index contributed by atoms with van der Waals surface area (Å²) in [6.07, 6.45) is -0.204. The van der Waals surface area contributed by atoms with Crippen molar-refractivity contribution in [3.05, 3.63) is 39.4 Å². The Morgan fingerprint density at radius 2 is 1.84 bits per heavy atom. The van der Waals surface area contributed by atoms with Gasteiger partial charge in [0.2, 0.25) is 11.8 Å². The van der Waals surface area contributed by atoms with E-state index in [1.54, 1.807) is 6.07 Å². The van der Waals surface area contributed by atoms with E-state index in [0.29, 0.717) is 10.5 Å². The first-order valence-electron chi connectivity index (χ1n) is 7.48. The summed E-state index contributed by atoms with van der Waals surface area (Å²) in [5.41, 5.74) is -1.99. The Balaban J connectivity index is 2.24. The van der Waals surface area contributed by atoms with E-state index in [2.05, 4.69) is 10.3 Å². The summed E-state index contributed by atoms with van der Waals surface area (Å²) in [5.74, 6) is -1.52. The molecule has 10 heteroatoms. The number of aryl methyl sites for hydroxylation is 1. The van der Waals surface area contributed by atoms with Crippen molar-refractivity contribution in [2.75, 3.05) is 0 Å². The predicted molar refractivity (Wildman–Crippen MR) is 96.1 cm³/mol. The quantitative estimate of drug-likeness (QED) is 0.584. The summed E-state index contributed by atoms with van der Waals surface area (Å²) >= 11 is 5.93. The third kappa shape index (κ3) is 2.80. The van der Waals surface area contributed by atoms with Crippen molar-refractivity contribution < 1.29 is 9.59 Å². The maximum Gasteiger partial charge on any atom is 0.261 e. The van der Waals surface area contributed by atoms with Gasteiger partial charge in [0.25, 0.3) is 5.56 Å². The van der Waals surface area contributed by atoms with Gasteiger partial charge >= 0.3 is 0 Å². The summed E-state index contributed by atoms with van der Waals surface area (Å²) < 4.78 is 1.06. The zero-order valence-electron chi connectivity index (χ0n) is 13.4. The van der Waals surface area contributed by atoms with E-state index in [1.165, 1.54) is 19.1 Å². The number of imide groups is 1. The van der Waals surface area contributed by atoms with Crippen LogP contribution in [0.3, 0.4) is 0 Å². The Bertz CT molecular complexity index is 976. The van der Waals surface area contributed by atoms with Crippen LogP contribution in [0.4, 0.5) is 0 Å². The first kappa shape index (κ1) is 17.8. The lowest BCUT2D eigenvalue weighted by Crippen LogP contribution is -2.54. The monoisotopic (exact) mass is 349 g/mol. The highest BCUT2D eigenvalue weighted by Crippen LogP contribution is 2.33. The fourth-order valence-corrected chi connectivity index (χ4v) is 3.07. The van der Waals surface area contributed by atoms with Gasteiger partial charge in [0.15, 0.2) is 0 Å². The molecule has 1 aliphatic rings. The van der Waals surface area contributed by atoms with E-state index in [0.717, 1.165) is 4.57 Å². The van der Waals surface area contributed by atoms with Crippen LogP contribution in [0.15, 0.2) is 23.0 Å². The average Bonchev–Trinajstić information content (AvgIpc) is 2.58. The molecular weight excluding hydrogens is 338 g/mol. The van der Waals surface area contributed by atoms with Crippen LogP contribution in [0.5, 0.6) is 0 Å². The highest BCUT2D eigenvalue weighted by molar-refractivity contribution is 6.52. The number of carbonyl (C=O) groups excluding carboxylic acids is 2. The number of hydrogen-bond acceptors (Lipinski definition) is 4. The number of fused-ring (bicyclic) bond motifs is 1. The molecule has 0 saturated carbocycles. The van der Waals surface area contributed by atoms with E-state index < -0.39 is 28.0 Å². The molecule has 1 saturated heterocycles. The molecule has 2 amide bonds. The van der Waals surface area contributed by atoms with Crippen LogP contribution in [-0.2, 0) is 15.0 Å². The molecule has 6 nitrogen and oxygen atoms in total. The summed E-state index contributed by atoms with van der Waals surface area (Å²) in [6, 6.07) is 4.58. The molecule has 2 heterocycles. The number of halogens is 1. The number of nitrogens with zero attached hydrogens (tertiary/aromatic N) is 2.